The van der Waals surface area contributed by atoms with Crippen LogP contribution in [0.25, 0.3) is 0 Å². The van der Waals surface area contributed by atoms with Crippen molar-refractivity contribution < 1.29 is 18.0 Å². The highest BCUT2D eigenvalue weighted by Gasteiger charge is 2.33. The first-order chi connectivity index (χ1) is 11.2. The van der Waals surface area contributed by atoms with E-state index < -0.39 is 22.9 Å². The minimum Gasteiger partial charge on any atom is -0.325 e. The van der Waals surface area contributed by atoms with Gasteiger partial charge < -0.3 is 5.32 Å². The van der Waals surface area contributed by atoms with Gasteiger partial charge in [-0.2, -0.15) is 13.2 Å². The SMILES string of the molecule is Cc1ccc(SC(C)C(=O)Nc2ccccc2C(F)(F)F)cc1C. The summed E-state index contributed by atoms with van der Waals surface area (Å²) in [6.45, 7) is 5.64. The summed E-state index contributed by atoms with van der Waals surface area (Å²) < 4.78 is 38.9. The third-order valence-corrected chi connectivity index (χ3v) is 4.74. The van der Waals surface area contributed by atoms with E-state index in [4.69, 9.17) is 0 Å². The van der Waals surface area contributed by atoms with E-state index in [-0.39, 0.29) is 5.69 Å². The minimum atomic E-state index is -4.51. The molecular weight excluding hydrogens is 335 g/mol. The van der Waals surface area contributed by atoms with Crippen LogP contribution in [0.5, 0.6) is 0 Å². The van der Waals surface area contributed by atoms with Gasteiger partial charge in [0.1, 0.15) is 0 Å². The van der Waals surface area contributed by atoms with E-state index in [1.165, 1.54) is 30.0 Å². The number of hydrogen-bond donors (Lipinski definition) is 1. The minimum absolute atomic E-state index is 0.220. The Kier molecular flexibility index (Phi) is 5.59. The van der Waals surface area contributed by atoms with Crippen molar-refractivity contribution in [3.63, 3.8) is 0 Å². The second kappa shape index (κ2) is 7.30. The third kappa shape index (κ3) is 4.54. The van der Waals surface area contributed by atoms with Gasteiger partial charge in [0, 0.05) is 4.90 Å². The molecule has 1 amide bonds. The molecule has 0 bridgehead atoms. The number of halogens is 3. The van der Waals surface area contributed by atoms with E-state index in [1.54, 1.807) is 6.92 Å². The molecule has 24 heavy (non-hydrogen) atoms. The molecule has 0 aliphatic carbocycles. The molecule has 6 heteroatoms. The van der Waals surface area contributed by atoms with Crippen molar-refractivity contribution in [3.8, 4) is 0 Å². The van der Waals surface area contributed by atoms with Crippen LogP contribution < -0.4 is 5.32 Å². The molecule has 2 nitrogen and oxygen atoms in total. The molecular formula is C18H18F3NOS. The van der Waals surface area contributed by atoms with Crippen molar-refractivity contribution in [1.82, 2.24) is 0 Å². The first-order valence-electron chi connectivity index (χ1n) is 7.39. The van der Waals surface area contributed by atoms with E-state index in [2.05, 4.69) is 5.32 Å². The molecule has 0 saturated carbocycles. The van der Waals surface area contributed by atoms with Gasteiger partial charge in [-0.05, 0) is 56.2 Å². The second-order valence-electron chi connectivity index (χ2n) is 5.54. The molecule has 0 spiro atoms. The summed E-state index contributed by atoms with van der Waals surface area (Å²) in [6.07, 6.45) is -4.51. The molecule has 0 heterocycles. The van der Waals surface area contributed by atoms with Crippen LogP contribution in [0, 0.1) is 13.8 Å². The Bertz CT molecular complexity index is 743. The number of para-hydroxylation sites is 1. The molecule has 2 rings (SSSR count). The highest BCUT2D eigenvalue weighted by Crippen LogP contribution is 2.35. The standard InChI is InChI=1S/C18H18F3NOS/c1-11-8-9-14(10-12(11)2)24-13(3)17(23)22-16-7-5-4-6-15(16)18(19,20)21/h4-10,13H,1-3H3,(H,22,23). The molecule has 0 aliphatic heterocycles. The van der Waals surface area contributed by atoms with Crippen molar-refractivity contribution in [2.24, 2.45) is 0 Å². The maximum Gasteiger partial charge on any atom is 0.418 e. The molecule has 0 saturated heterocycles. The summed E-state index contributed by atoms with van der Waals surface area (Å²) in [6, 6.07) is 10.8. The largest absolute Gasteiger partial charge is 0.418 e. The van der Waals surface area contributed by atoms with Crippen LogP contribution in [0.1, 0.15) is 23.6 Å². The summed E-state index contributed by atoms with van der Waals surface area (Å²) in [5.41, 5.74) is 1.19. The molecule has 128 valence electrons. The van der Waals surface area contributed by atoms with Gasteiger partial charge in [0.05, 0.1) is 16.5 Å². The average Bonchev–Trinajstić information content (AvgIpc) is 2.50. The highest BCUT2D eigenvalue weighted by atomic mass is 32.2. The van der Waals surface area contributed by atoms with Gasteiger partial charge in [-0.3, -0.25) is 4.79 Å². The monoisotopic (exact) mass is 353 g/mol. The van der Waals surface area contributed by atoms with Crippen LogP contribution in [0.3, 0.4) is 0 Å². The fourth-order valence-corrected chi connectivity index (χ4v) is 3.08. The number of benzene rings is 2. The quantitative estimate of drug-likeness (QED) is 0.742. The van der Waals surface area contributed by atoms with Crippen molar-refractivity contribution >= 4 is 23.4 Å². The van der Waals surface area contributed by atoms with Gasteiger partial charge in [-0.25, -0.2) is 0 Å². The lowest BCUT2D eigenvalue weighted by atomic mass is 10.1. The normalized spacial score (nSPS) is 12.8. The van der Waals surface area contributed by atoms with E-state index in [1.807, 2.05) is 32.0 Å². The van der Waals surface area contributed by atoms with E-state index in [0.29, 0.717) is 0 Å². The predicted molar refractivity (Wildman–Crippen MR) is 91.3 cm³/mol. The fourth-order valence-electron chi connectivity index (χ4n) is 2.12. The lowest BCUT2D eigenvalue weighted by Gasteiger charge is -2.16. The van der Waals surface area contributed by atoms with Gasteiger partial charge in [0.25, 0.3) is 0 Å². The molecule has 0 aromatic heterocycles. The van der Waals surface area contributed by atoms with E-state index in [0.717, 1.165) is 22.1 Å². The molecule has 1 N–H and O–H groups in total. The number of hydrogen-bond acceptors (Lipinski definition) is 2. The first kappa shape index (κ1) is 18.4. The maximum absolute atomic E-state index is 13.0. The topological polar surface area (TPSA) is 29.1 Å². The average molecular weight is 353 g/mol. The third-order valence-electron chi connectivity index (χ3n) is 3.65. The number of amides is 1. The van der Waals surface area contributed by atoms with Crippen LogP contribution in [0.4, 0.5) is 18.9 Å². The summed E-state index contributed by atoms with van der Waals surface area (Å²) >= 11 is 1.31. The molecule has 0 aliphatic rings. The Balaban J connectivity index is 2.11. The van der Waals surface area contributed by atoms with Crippen LogP contribution in [-0.4, -0.2) is 11.2 Å². The van der Waals surface area contributed by atoms with Crippen molar-refractivity contribution in [1.29, 1.82) is 0 Å². The first-order valence-corrected chi connectivity index (χ1v) is 8.27. The molecule has 0 fully saturated rings. The zero-order chi connectivity index (χ0) is 17.9. The van der Waals surface area contributed by atoms with Crippen LogP contribution >= 0.6 is 11.8 Å². The van der Waals surface area contributed by atoms with Crippen LogP contribution in [-0.2, 0) is 11.0 Å². The molecule has 1 atom stereocenters. The second-order valence-corrected chi connectivity index (χ2v) is 6.95. The summed E-state index contributed by atoms with van der Waals surface area (Å²) in [7, 11) is 0. The number of carbonyl (C=O) groups excluding carboxylic acids is 1. The van der Waals surface area contributed by atoms with Gasteiger partial charge in [-0.1, -0.05) is 18.2 Å². The summed E-state index contributed by atoms with van der Waals surface area (Å²) in [5, 5.41) is 1.86. The Morgan fingerprint density at radius 1 is 1.08 bits per heavy atom. The Morgan fingerprint density at radius 3 is 2.38 bits per heavy atom. The molecule has 1 unspecified atom stereocenters. The van der Waals surface area contributed by atoms with Gasteiger partial charge >= 0.3 is 6.18 Å². The number of nitrogens with one attached hydrogen (secondary N) is 1. The zero-order valence-electron chi connectivity index (χ0n) is 13.6. The molecule has 0 radical (unpaired) electrons. The summed E-state index contributed by atoms with van der Waals surface area (Å²) in [4.78, 5) is 13.2. The number of anilines is 1. The molecule has 2 aromatic carbocycles. The molecule has 2 aromatic rings. The predicted octanol–water partition coefficient (Wildman–Crippen LogP) is 5.44. The maximum atomic E-state index is 13.0. The van der Waals surface area contributed by atoms with Crippen LogP contribution in [0.2, 0.25) is 0 Å². The smallest absolute Gasteiger partial charge is 0.325 e. The number of rotatable bonds is 4. The number of carbonyl (C=O) groups is 1. The van der Waals surface area contributed by atoms with E-state index in [9.17, 15) is 18.0 Å². The lowest BCUT2D eigenvalue weighted by Crippen LogP contribution is -2.24. The number of thioether (sulfide) groups is 1. The van der Waals surface area contributed by atoms with Gasteiger partial charge in [0.15, 0.2) is 0 Å². The van der Waals surface area contributed by atoms with Crippen molar-refractivity contribution in [3.05, 3.63) is 59.2 Å². The summed E-state index contributed by atoms with van der Waals surface area (Å²) in [5.74, 6) is -0.463. The van der Waals surface area contributed by atoms with Crippen LogP contribution in [0.15, 0.2) is 47.4 Å². The Hall–Kier alpha value is -1.95. The Morgan fingerprint density at radius 2 is 1.75 bits per heavy atom. The van der Waals surface area contributed by atoms with Crippen molar-refractivity contribution in [2.75, 3.05) is 5.32 Å². The van der Waals surface area contributed by atoms with Gasteiger partial charge in [-0.15, -0.1) is 11.8 Å². The zero-order valence-corrected chi connectivity index (χ0v) is 14.4. The van der Waals surface area contributed by atoms with Crippen molar-refractivity contribution in [2.45, 2.75) is 37.1 Å². The van der Waals surface area contributed by atoms with Gasteiger partial charge in [0.2, 0.25) is 5.91 Å². The number of alkyl halides is 3. The lowest BCUT2D eigenvalue weighted by molar-refractivity contribution is -0.137. The Labute approximate surface area is 143 Å². The number of aryl methyl sites for hydroxylation is 2. The highest BCUT2D eigenvalue weighted by molar-refractivity contribution is 8.00. The van der Waals surface area contributed by atoms with E-state index >= 15 is 0 Å². The fraction of sp³-hybridized carbons (Fsp3) is 0.278.